The molecule has 0 fully saturated rings. The van der Waals surface area contributed by atoms with Crippen LogP contribution in [0.3, 0.4) is 0 Å². The monoisotopic (exact) mass is 394 g/mol. The van der Waals surface area contributed by atoms with Crippen LogP contribution in [0.2, 0.25) is 0 Å². The minimum absolute atomic E-state index is 0.134. The third-order valence-corrected chi connectivity index (χ3v) is 4.81. The van der Waals surface area contributed by atoms with E-state index in [2.05, 4.69) is 10.3 Å². The molecule has 0 aliphatic rings. The lowest BCUT2D eigenvalue weighted by Crippen LogP contribution is -2.35. The zero-order chi connectivity index (χ0) is 21.2. The van der Waals surface area contributed by atoms with Gasteiger partial charge in [0.2, 0.25) is 0 Å². The highest BCUT2D eigenvalue weighted by atomic mass is 16.5. The highest BCUT2D eigenvalue weighted by Gasteiger charge is 2.17. The number of fused-ring (bicyclic) bond motifs is 1. The van der Waals surface area contributed by atoms with Crippen molar-refractivity contribution in [2.45, 2.75) is 32.4 Å². The summed E-state index contributed by atoms with van der Waals surface area (Å²) in [6.45, 7) is 5.08. The van der Waals surface area contributed by atoms with Crippen molar-refractivity contribution >= 4 is 16.8 Å². The van der Waals surface area contributed by atoms with Crippen LogP contribution in [-0.4, -0.2) is 40.9 Å². The summed E-state index contributed by atoms with van der Waals surface area (Å²) in [5.74, 6) is 0.363. The van der Waals surface area contributed by atoms with E-state index in [1.807, 2.05) is 36.4 Å². The van der Waals surface area contributed by atoms with Gasteiger partial charge in [-0.05, 0) is 50.1 Å². The third-order valence-electron chi connectivity index (χ3n) is 4.81. The SMILES string of the molecule is COc1cc(-c2ccc(C(C)(C)O)cc2)c2ncc(C(=O)N[C@H](C)CO)cc2c1. The maximum absolute atomic E-state index is 12.4. The van der Waals surface area contributed by atoms with Crippen molar-refractivity contribution in [3.05, 3.63) is 59.8 Å². The molecule has 1 amide bonds. The predicted octanol–water partition coefficient (Wildman–Crippen LogP) is 3.25. The van der Waals surface area contributed by atoms with Gasteiger partial charge in [0.1, 0.15) is 5.75 Å². The van der Waals surface area contributed by atoms with Crippen LogP contribution in [0.1, 0.15) is 36.7 Å². The van der Waals surface area contributed by atoms with Crippen LogP contribution >= 0.6 is 0 Å². The lowest BCUT2D eigenvalue weighted by molar-refractivity contribution is 0.0786. The minimum Gasteiger partial charge on any atom is -0.497 e. The Kier molecular flexibility index (Phi) is 5.86. The summed E-state index contributed by atoms with van der Waals surface area (Å²) < 4.78 is 5.44. The zero-order valence-corrected chi connectivity index (χ0v) is 17.1. The Hall–Kier alpha value is -2.96. The number of nitrogens with zero attached hydrogens (tertiary/aromatic N) is 1. The van der Waals surface area contributed by atoms with Gasteiger partial charge in [-0.2, -0.15) is 0 Å². The normalized spacial score (nSPS) is 12.6. The molecule has 29 heavy (non-hydrogen) atoms. The van der Waals surface area contributed by atoms with Crippen molar-refractivity contribution in [2.24, 2.45) is 0 Å². The Morgan fingerprint density at radius 2 is 1.90 bits per heavy atom. The molecule has 3 aromatic rings. The average Bonchev–Trinajstić information content (AvgIpc) is 2.71. The molecular formula is C23H26N2O4. The Bertz CT molecular complexity index is 1020. The molecule has 6 nitrogen and oxygen atoms in total. The van der Waals surface area contributed by atoms with E-state index >= 15 is 0 Å². The van der Waals surface area contributed by atoms with E-state index in [9.17, 15) is 9.90 Å². The fourth-order valence-corrected chi connectivity index (χ4v) is 3.09. The first-order valence-corrected chi connectivity index (χ1v) is 9.45. The van der Waals surface area contributed by atoms with Gasteiger partial charge in [-0.3, -0.25) is 9.78 Å². The van der Waals surface area contributed by atoms with Gasteiger partial charge in [0, 0.05) is 23.2 Å². The summed E-state index contributed by atoms with van der Waals surface area (Å²) >= 11 is 0. The summed E-state index contributed by atoms with van der Waals surface area (Å²) in [5, 5.41) is 22.8. The van der Waals surface area contributed by atoms with Gasteiger partial charge in [-0.25, -0.2) is 0 Å². The number of methoxy groups -OCH3 is 1. The number of rotatable bonds is 6. The molecule has 0 bridgehead atoms. The number of carbonyl (C=O) groups is 1. The molecule has 0 radical (unpaired) electrons. The molecular weight excluding hydrogens is 368 g/mol. The predicted molar refractivity (Wildman–Crippen MR) is 113 cm³/mol. The molecule has 0 spiro atoms. The Labute approximate surface area is 170 Å². The largest absolute Gasteiger partial charge is 0.497 e. The number of aliphatic hydroxyl groups is 2. The van der Waals surface area contributed by atoms with E-state index in [0.29, 0.717) is 11.3 Å². The molecule has 0 saturated heterocycles. The number of amides is 1. The van der Waals surface area contributed by atoms with Crippen LogP contribution in [0.4, 0.5) is 0 Å². The molecule has 2 aromatic carbocycles. The van der Waals surface area contributed by atoms with Gasteiger partial charge in [0.15, 0.2) is 0 Å². The van der Waals surface area contributed by atoms with E-state index in [1.54, 1.807) is 33.9 Å². The summed E-state index contributed by atoms with van der Waals surface area (Å²) in [4.78, 5) is 16.9. The van der Waals surface area contributed by atoms with Crippen LogP contribution in [0.25, 0.3) is 22.0 Å². The molecule has 0 saturated carbocycles. The molecule has 6 heteroatoms. The first-order valence-electron chi connectivity index (χ1n) is 9.45. The molecule has 1 heterocycles. The van der Waals surface area contributed by atoms with Crippen LogP contribution < -0.4 is 10.1 Å². The second kappa shape index (κ2) is 8.19. The summed E-state index contributed by atoms with van der Waals surface area (Å²) in [6, 6.07) is 12.8. The molecule has 3 N–H and O–H groups in total. The number of aliphatic hydroxyl groups excluding tert-OH is 1. The standard InChI is InChI=1S/C23H26N2O4/c1-14(13-26)25-22(27)17-9-16-10-19(29-4)11-20(21(16)24-12-17)15-5-7-18(8-6-15)23(2,3)28/h5-12,14,26,28H,13H2,1-4H3,(H,25,27)/t14-/m1/s1. The number of ether oxygens (including phenoxy) is 1. The number of hydrogen-bond acceptors (Lipinski definition) is 5. The van der Waals surface area contributed by atoms with Gasteiger partial charge >= 0.3 is 0 Å². The average molecular weight is 394 g/mol. The molecule has 0 aliphatic carbocycles. The van der Waals surface area contributed by atoms with Crippen molar-refractivity contribution in [2.75, 3.05) is 13.7 Å². The van der Waals surface area contributed by atoms with Gasteiger partial charge in [-0.15, -0.1) is 0 Å². The van der Waals surface area contributed by atoms with E-state index in [0.717, 1.165) is 27.6 Å². The maximum atomic E-state index is 12.4. The van der Waals surface area contributed by atoms with E-state index in [-0.39, 0.29) is 18.6 Å². The van der Waals surface area contributed by atoms with Crippen LogP contribution in [0, 0.1) is 0 Å². The number of aromatic nitrogens is 1. The van der Waals surface area contributed by atoms with Gasteiger partial charge in [-0.1, -0.05) is 24.3 Å². The van der Waals surface area contributed by atoms with Gasteiger partial charge < -0.3 is 20.3 Å². The maximum Gasteiger partial charge on any atom is 0.253 e. The highest BCUT2D eigenvalue weighted by molar-refractivity contribution is 6.01. The smallest absolute Gasteiger partial charge is 0.253 e. The molecule has 152 valence electrons. The van der Waals surface area contributed by atoms with E-state index in [4.69, 9.17) is 9.84 Å². The first-order chi connectivity index (χ1) is 13.7. The second-order valence-electron chi connectivity index (χ2n) is 7.66. The van der Waals surface area contributed by atoms with E-state index < -0.39 is 5.60 Å². The van der Waals surface area contributed by atoms with E-state index in [1.165, 1.54) is 6.20 Å². The van der Waals surface area contributed by atoms with Crippen LogP contribution in [0.5, 0.6) is 5.75 Å². The topological polar surface area (TPSA) is 91.7 Å². The lowest BCUT2D eigenvalue weighted by atomic mass is 9.94. The Morgan fingerprint density at radius 1 is 1.21 bits per heavy atom. The Balaban J connectivity index is 2.07. The summed E-state index contributed by atoms with van der Waals surface area (Å²) in [7, 11) is 1.59. The number of hydrogen-bond donors (Lipinski definition) is 3. The lowest BCUT2D eigenvalue weighted by Gasteiger charge is -2.18. The first kappa shape index (κ1) is 20.8. The fraction of sp³-hybridized carbons (Fsp3) is 0.304. The number of nitrogens with one attached hydrogen (secondary N) is 1. The summed E-state index contributed by atoms with van der Waals surface area (Å²) in [6.07, 6.45) is 1.53. The third kappa shape index (κ3) is 4.55. The molecule has 1 atom stereocenters. The van der Waals surface area contributed by atoms with Crippen molar-refractivity contribution in [3.8, 4) is 16.9 Å². The van der Waals surface area contributed by atoms with Crippen molar-refractivity contribution < 1.29 is 19.7 Å². The fourth-order valence-electron chi connectivity index (χ4n) is 3.09. The number of pyridine rings is 1. The second-order valence-corrected chi connectivity index (χ2v) is 7.66. The van der Waals surface area contributed by atoms with Gasteiger partial charge in [0.05, 0.1) is 30.4 Å². The molecule has 3 rings (SSSR count). The van der Waals surface area contributed by atoms with Crippen molar-refractivity contribution in [1.29, 1.82) is 0 Å². The minimum atomic E-state index is -0.915. The van der Waals surface area contributed by atoms with Crippen LogP contribution in [-0.2, 0) is 5.60 Å². The Morgan fingerprint density at radius 3 is 2.48 bits per heavy atom. The van der Waals surface area contributed by atoms with Gasteiger partial charge in [0.25, 0.3) is 5.91 Å². The van der Waals surface area contributed by atoms with Crippen LogP contribution in [0.15, 0.2) is 48.7 Å². The zero-order valence-electron chi connectivity index (χ0n) is 17.1. The molecule has 1 aromatic heterocycles. The molecule has 0 unspecified atom stereocenters. The summed E-state index contributed by atoms with van der Waals surface area (Å²) in [5.41, 5.74) is 2.86. The number of carbonyl (C=O) groups excluding carboxylic acids is 1. The van der Waals surface area contributed by atoms with Crippen molar-refractivity contribution in [1.82, 2.24) is 10.3 Å². The number of benzene rings is 2. The van der Waals surface area contributed by atoms with Crippen molar-refractivity contribution in [3.63, 3.8) is 0 Å². The molecule has 0 aliphatic heterocycles. The highest BCUT2D eigenvalue weighted by Crippen LogP contribution is 2.33. The quantitative estimate of drug-likeness (QED) is 0.597.